The van der Waals surface area contributed by atoms with Crippen LogP contribution in [-0.2, 0) is 17.8 Å². The lowest BCUT2D eigenvalue weighted by atomic mass is 9.82. The molecule has 1 amide bonds. The van der Waals surface area contributed by atoms with Gasteiger partial charge in [0, 0.05) is 12.6 Å². The second kappa shape index (κ2) is 8.87. The average Bonchev–Trinajstić information content (AvgIpc) is 2.68. The Kier molecular flexibility index (Phi) is 6.30. The first kappa shape index (κ1) is 19.2. The van der Waals surface area contributed by atoms with E-state index in [4.69, 9.17) is 4.74 Å². The number of rotatable bonds is 6. The van der Waals surface area contributed by atoms with Gasteiger partial charge in [-0.2, -0.15) is 0 Å². The van der Waals surface area contributed by atoms with Crippen molar-refractivity contribution in [3.63, 3.8) is 0 Å². The van der Waals surface area contributed by atoms with Crippen molar-refractivity contribution in [3.05, 3.63) is 84.4 Å². The van der Waals surface area contributed by atoms with Crippen LogP contribution in [0.25, 0.3) is 0 Å². The number of carbonyl (C=O) groups excluding carboxylic acids is 1. The number of carbonyl (C=O) groups is 1. The van der Waals surface area contributed by atoms with Crippen molar-refractivity contribution >= 4 is 6.09 Å². The van der Waals surface area contributed by atoms with E-state index in [9.17, 15) is 9.90 Å². The van der Waals surface area contributed by atoms with E-state index >= 15 is 0 Å². The topological polar surface area (TPSA) is 49.8 Å². The highest BCUT2D eigenvalue weighted by Crippen LogP contribution is 2.32. The number of nitrogens with zero attached hydrogens (tertiary/aromatic N) is 1. The summed E-state index contributed by atoms with van der Waals surface area (Å²) in [5.74, 6) is 0. The third kappa shape index (κ3) is 5.20. The van der Waals surface area contributed by atoms with Crippen LogP contribution >= 0.6 is 0 Å². The molecule has 4 nitrogen and oxygen atoms in total. The summed E-state index contributed by atoms with van der Waals surface area (Å²) in [5.41, 5.74) is 1.30. The fraction of sp³-hybridized carbons (Fsp3) is 0.348. The normalized spacial score (nSPS) is 22.3. The minimum Gasteiger partial charge on any atom is -0.445 e. The average molecular weight is 365 g/mol. The van der Waals surface area contributed by atoms with Crippen LogP contribution < -0.4 is 0 Å². The lowest BCUT2D eigenvalue weighted by molar-refractivity contribution is -0.0424. The Balaban J connectivity index is 1.70. The van der Waals surface area contributed by atoms with Gasteiger partial charge in [-0.25, -0.2) is 4.79 Å². The van der Waals surface area contributed by atoms with Gasteiger partial charge in [-0.1, -0.05) is 66.7 Å². The van der Waals surface area contributed by atoms with Crippen molar-refractivity contribution in [1.82, 2.24) is 4.90 Å². The van der Waals surface area contributed by atoms with Crippen LogP contribution in [0, 0.1) is 0 Å². The van der Waals surface area contributed by atoms with Crippen molar-refractivity contribution in [2.45, 2.75) is 43.9 Å². The standard InChI is InChI=1S/C23H27NO3/c1-2-13-23(26)14-15-24(21(17-23)16-19-9-5-3-6-10-19)22(25)27-18-20-11-7-4-8-12-20/h2-12,21,26H,1,13-18H2. The molecule has 0 radical (unpaired) electrons. The summed E-state index contributed by atoms with van der Waals surface area (Å²) in [6, 6.07) is 19.6. The van der Waals surface area contributed by atoms with Crippen LogP contribution in [0.1, 0.15) is 30.4 Å². The van der Waals surface area contributed by atoms with Gasteiger partial charge in [0.05, 0.1) is 5.60 Å². The smallest absolute Gasteiger partial charge is 0.410 e. The molecule has 142 valence electrons. The number of benzene rings is 2. The van der Waals surface area contributed by atoms with E-state index in [-0.39, 0.29) is 18.7 Å². The van der Waals surface area contributed by atoms with Gasteiger partial charge in [0.25, 0.3) is 0 Å². The zero-order chi connectivity index (χ0) is 19.1. The summed E-state index contributed by atoms with van der Waals surface area (Å²) >= 11 is 0. The highest BCUT2D eigenvalue weighted by Gasteiger charge is 2.40. The minimum atomic E-state index is -0.808. The molecule has 0 saturated carbocycles. The monoisotopic (exact) mass is 365 g/mol. The Morgan fingerprint density at radius 3 is 2.41 bits per heavy atom. The van der Waals surface area contributed by atoms with Gasteiger partial charge in [0.15, 0.2) is 0 Å². The molecule has 0 aliphatic carbocycles. The summed E-state index contributed by atoms with van der Waals surface area (Å²) in [6.45, 7) is 4.50. The molecule has 1 aliphatic heterocycles. The molecule has 1 N–H and O–H groups in total. The lowest BCUT2D eigenvalue weighted by Crippen LogP contribution is -2.53. The molecule has 2 aromatic carbocycles. The Hall–Kier alpha value is -2.59. The van der Waals surface area contributed by atoms with Gasteiger partial charge in [0.1, 0.15) is 6.61 Å². The Labute approximate surface area is 161 Å². The third-order valence-corrected chi connectivity index (χ3v) is 5.15. The first-order valence-corrected chi connectivity index (χ1v) is 9.44. The number of ether oxygens (including phenoxy) is 1. The number of likely N-dealkylation sites (tertiary alicyclic amines) is 1. The van der Waals surface area contributed by atoms with Gasteiger partial charge in [-0.15, -0.1) is 6.58 Å². The molecule has 0 bridgehead atoms. The van der Waals surface area contributed by atoms with E-state index in [0.717, 1.165) is 11.1 Å². The van der Waals surface area contributed by atoms with E-state index < -0.39 is 5.60 Å². The highest BCUT2D eigenvalue weighted by atomic mass is 16.6. The summed E-state index contributed by atoms with van der Waals surface area (Å²) in [7, 11) is 0. The first-order valence-electron chi connectivity index (χ1n) is 9.44. The zero-order valence-electron chi connectivity index (χ0n) is 15.6. The molecule has 2 aromatic rings. The second-order valence-electron chi connectivity index (χ2n) is 7.25. The van der Waals surface area contributed by atoms with Gasteiger partial charge in [0.2, 0.25) is 0 Å². The van der Waals surface area contributed by atoms with E-state index in [1.165, 1.54) is 0 Å². The molecule has 2 unspecified atom stereocenters. The Morgan fingerprint density at radius 2 is 1.78 bits per heavy atom. The molecular formula is C23H27NO3. The highest BCUT2D eigenvalue weighted by molar-refractivity contribution is 5.68. The summed E-state index contributed by atoms with van der Waals surface area (Å²) in [5, 5.41) is 10.9. The molecule has 1 saturated heterocycles. The number of hydrogen-bond donors (Lipinski definition) is 1. The van der Waals surface area contributed by atoms with Gasteiger partial charge >= 0.3 is 6.09 Å². The zero-order valence-corrected chi connectivity index (χ0v) is 15.6. The molecule has 4 heteroatoms. The molecule has 0 spiro atoms. The molecule has 27 heavy (non-hydrogen) atoms. The van der Waals surface area contributed by atoms with E-state index in [0.29, 0.717) is 32.2 Å². The molecule has 1 aliphatic rings. The Morgan fingerprint density at radius 1 is 1.15 bits per heavy atom. The molecule has 2 atom stereocenters. The molecule has 1 fully saturated rings. The number of amides is 1. The first-order chi connectivity index (χ1) is 13.1. The number of piperidine rings is 1. The van der Waals surface area contributed by atoms with E-state index in [1.54, 1.807) is 11.0 Å². The van der Waals surface area contributed by atoms with Gasteiger partial charge < -0.3 is 14.7 Å². The maximum atomic E-state index is 12.7. The summed E-state index contributed by atoms with van der Waals surface area (Å²) < 4.78 is 5.55. The molecule has 3 rings (SSSR count). The van der Waals surface area contributed by atoms with Crippen LogP contribution in [0.15, 0.2) is 73.3 Å². The molecule has 0 aromatic heterocycles. The molecule has 1 heterocycles. The number of aliphatic hydroxyl groups is 1. The fourth-order valence-corrected chi connectivity index (χ4v) is 3.73. The largest absolute Gasteiger partial charge is 0.445 e. The SMILES string of the molecule is C=CCC1(O)CCN(C(=O)OCc2ccccc2)C(Cc2ccccc2)C1. The van der Waals surface area contributed by atoms with Crippen LogP contribution in [0.3, 0.4) is 0 Å². The second-order valence-corrected chi connectivity index (χ2v) is 7.25. The maximum absolute atomic E-state index is 12.7. The minimum absolute atomic E-state index is 0.102. The summed E-state index contributed by atoms with van der Waals surface area (Å²) in [4.78, 5) is 14.5. The van der Waals surface area contributed by atoms with Crippen LogP contribution in [-0.4, -0.2) is 34.3 Å². The number of hydrogen-bond acceptors (Lipinski definition) is 3. The predicted octanol–water partition coefficient (Wildman–Crippen LogP) is 4.34. The van der Waals surface area contributed by atoms with E-state index in [2.05, 4.69) is 18.7 Å². The van der Waals surface area contributed by atoms with Gasteiger partial charge in [-0.3, -0.25) is 0 Å². The predicted molar refractivity (Wildman–Crippen MR) is 106 cm³/mol. The van der Waals surface area contributed by atoms with Crippen molar-refractivity contribution in [1.29, 1.82) is 0 Å². The van der Waals surface area contributed by atoms with Crippen molar-refractivity contribution in [3.8, 4) is 0 Å². The van der Waals surface area contributed by atoms with Crippen molar-refractivity contribution in [2.24, 2.45) is 0 Å². The van der Waals surface area contributed by atoms with E-state index in [1.807, 2.05) is 48.5 Å². The van der Waals surface area contributed by atoms with Gasteiger partial charge in [-0.05, 0) is 36.8 Å². The fourth-order valence-electron chi connectivity index (χ4n) is 3.73. The van der Waals surface area contributed by atoms with Crippen molar-refractivity contribution < 1.29 is 14.6 Å². The third-order valence-electron chi connectivity index (χ3n) is 5.15. The Bertz CT molecular complexity index is 747. The maximum Gasteiger partial charge on any atom is 0.410 e. The van der Waals surface area contributed by atoms with Crippen LogP contribution in [0.4, 0.5) is 4.79 Å². The summed E-state index contributed by atoms with van der Waals surface area (Å²) in [6.07, 6.45) is 3.72. The quantitative estimate of drug-likeness (QED) is 0.775. The van der Waals surface area contributed by atoms with Crippen molar-refractivity contribution in [2.75, 3.05) is 6.54 Å². The lowest BCUT2D eigenvalue weighted by Gasteiger charge is -2.43. The van der Waals surface area contributed by atoms with Crippen LogP contribution in [0.2, 0.25) is 0 Å². The van der Waals surface area contributed by atoms with Crippen LogP contribution in [0.5, 0.6) is 0 Å². The molecular weight excluding hydrogens is 338 g/mol.